The van der Waals surface area contributed by atoms with Crippen LogP contribution in [-0.4, -0.2) is 56.4 Å². The van der Waals surface area contributed by atoms with Gasteiger partial charge in [-0.1, -0.05) is 13.8 Å². The van der Waals surface area contributed by atoms with Gasteiger partial charge in [-0.15, -0.1) is 0 Å². The van der Waals surface area contributed by atoms with Gasteiger partial charge >= 0.3 is 0 Å². The molecule has 0 spiro atoms. The summed E-state index contributed by atoms with van der Waals surface area (Å²) in [7, 11) is 0. The number of aromatic nitrogens is 4. The summed E-state index contributed by atoms with van der Waals surface area (Å²) < 4.78 is 7.85. The van der Waals surface area contributed by atoms with Crippen molar-refractivity contribution in [2.45, 2.75) is 39.8 Å². The number of hydrogen-bond donors (Lipinski definition) is 1. The van der Waals surface area contributed by atoms with Crippen LogP contribution < -0.4 is 0 Å². The molecule has 1 amide bonds. The van der Waals surface area contributed by atoms with Gasteiger partial charge in [0.1, 0.15) is 5.69 Å². The normalized spacial score (nSPS) is 18.3. The summed E-state index contributed by atoms with van der Waals surface area (Å²) in [4.78, 5) is 17.8. The number of imidazole rings is 1. The number of rotatable bonds is 5. The van der Waals surface area contributed by atoms with Crippen LogP contribution in [0.2, 0.25) is 0 Å². The van der Waals surface area contributed by atoms with E-state index in [1.165, 1.54) is 0 Å². The molecular formula is C17H25N5O2. The number of carbonyl (C=O) groups excluding carboxylic acids is 1. The molecule has 1 fully saturated rings. The molecule has 7 nitrogen and oxygen atoms in total. The average molecular weight is 331 g/mol. The predicted octanol–water partition coefficient (Wildman–Crippen LogP) is 1.72. The van der Waals surface area contributed by atoms with Gasteiger partial charge in [0.2, 0.25) is 5.91 Å². The van der Waals surface area contributed by atoms with Crippen LogP contribution in [0.1, 0.15) is 26.5 Å². The first-order valence-electron chi connectivity index (χ1n) is 8.46. The van der Waals surface area contributed by atoms with E-state index in [1.54, 1.807) is 13.1 Å². The van der Waals surface area contributed by atoms with Gasteiger partial charge in [0.25, 0.3) is 0 Å². The molecule has 1 saturated heterocycles. The highest BCUT2D eigenvalue weighted by molar-refractivity contribution is 5.73. The molecular weight excluding hydrogens is 306 g/mol. The fourth-order valence-electron chi connectivity index (χ4n) is 3.05. The van der Waals surface area contributed by atoms with Crippen LogP contribution in [0.5, 0.6) is 0 Å². The van der Waals surface area contributed by atoms with Crippen LogP contribution in [0, 0.1) is 5.92 Å². The van der Waals surface area contributed by atoms with Gasteiger partial charge in [-0.3, -0.25) is 9.89 Å². The Kier molecular flexibility index (Phi) is 4.99. The minimum atomic E-state index is -0.0234. The highest BCUT2D eigenvalue weighted by Crippen LogP contribution is 2.19. The molecule has 130 valence electrons. The molecule has 0 bridgehead atoms. The summed E-state index contributed by atoms with van der Waals surface area (Å²) in [6.45, 7) is 8.49. The van der Waals surface area contributed by atoms with Gasteiger partial charge in [0.15, 0.2) is 5.82 Å². The van der Waals surface area contributed by atoms with Crippen molar-refractivity contribution in [3.63, 3.8) is 0 Å². The van der Waals surface area contributed by atoms with Gasteiger partial charge in [0, 0.05) is 38.1 Å². The van der Waals surface area contributed by atoms with E-state index in [4.69, 9.17) is 4.74 Å². The number of nitrogens with one attached hydrogen (secondary N) is 1. The molecule has 1 N–H and O–H groups in total. The highest BCUT2D eigenvalue weighted by Gasteiger charge is 2.23. The third-order valence-corrected chi connectivity index (χ3v) is 4.19. The smallest absolute Gasteiger partial charge is 0.219 e. The van der Waals surface area contributed by atoms with Crippen molar-refractivity contribution in [2.75, 3.05) is 19.7 Å². The zero-order chi connectivity index (χ0) is 17.1. The first kappa shape index (κ1) is 16.7. The molecule has 0 aliphatic carbocycles. The second kappa shape index (κ2) is 7.17. The Labute approximate surface area is 142 Å². The maximum absolute atomic E-state index is 11.6. The first-order valence-corrected chi connectivity index (χ1v) is 8.46. The summed E-state index contributed by atoms with van der Waals surface area (Å²) in [5.74, 6) is 1.50. The Balaban J connectivity index is 1.71. The zero-order valence-electron chi connectivity index (χ0n) is 14.5. The summed E-state index contributed by atoms with van der Waals surface area (Å²) >= 11 is 0. The van der Waals surface area contributed by atoms with Crippen LogP contribution in [0.25, 0.3) is 11.5 Å². The molecule has 0 radical (unpaired) electrons. The monoisotopic (exact) mass is 331 g/mol. The largest absolute Gasteiger partial charge is 0.373 e. The highest BCUT2D eigenvalue weighted by atomic mass is 16.5. The Morgan fingerprint density at radius 2 is 2.33 bits per heavy atom. The molecule has 3 rings (SSSR count). The van der Waals surface area contributed by atoms with Crippen molar-refractivity contribution in [3.8, 4) is 11.5 Å². The Bertz CT molecular complexity index is 691. The Hall–Kier alpha value is -2.15. The van der Waals surface area contributed by atoms with E-state index in [0.717, 1.165) is 23.6 Å². The molecule has 2 aromatic rings. The molecule has 1 atom stereocenters. The number of hydrogen-bond acceptors (Lipinski definition) is 4. The molecule has 0 aromatic carbocycles. The number of amides is 1. The lowest BCUT2D eigenvalue weighted by Crippen LogP contribution is -2.46. The topological polar surface area (TPSA) is 76.0 Å². The lowest BCUT2D eigenvalue weighted by molar-refractivity contribution is -0.136. The minimum absolute atomic E-state index is 0.0234. The second-order valence-electron chi connectivity index (χ2n) is 6.74. The average Bonchev–Trinajstić information content (AvgIpc) is 3.16. The van der Waals surface area contributed by atoms with Gasteiger partial charge in [-0.25, -0.2) is 4.98 Å². The second-order valence-corrected chi connectivity index (χ2v) is 6.74. The third kappa shape index (κ3) is 3.84. The van der Waals surface area contributed by atoms with Crippen LogP contribution in [0.15, 0.2) is 18.5 Å². The molecule has 7 heteroatoms. The number of ether oxygens (including phenoxy) is 1. The molecule has 1 aliphatic rings. The maximum atomic E-state index is 11.6. The van der Waals surface area contributed by atoms with E-state index in [2.05, 4.69) is 35.1 Å². The van der Waals surface area contributed by atoms with Gasteiger partial charge in [0.05, 0.1) is 19.3 Å². The number of morpholine rings is 1. The first-order chi connectivity index (χ1) is 11.5. The molecule has 24 heavy (non-hydrogen) atoms. The molecule has 2 aromatic heterocycles. The van der Waals surface area contributed by atoms with E-state index >= 15 is 0 Å². The van der Waals surface area contributed by atoms with Crippen molar-refractivity contribution in [2.24, 2.45) is 5.92 Å². The summed E-state index contributed by atoms with van der Waals surface area (Å²) in [5.41, 5.74) is 1.96. The van der Waals surface area contributed by atoms with E-state index in [-0.39, 0.29) is 12.0 Å². The van der Waals surface area contributed by atoms with Crippen molar-refractivity contribution >= 4 is 5.91 Å². The fraction of sp³-hybridized carbons (Fsp3) is 0.588. The SMILES string of the molecule is CC(=O)N1CCOC(Cn2ccnc2-c2cc(CC(C)C)[nH]n2)C1. The summed E-state index contributed by atoms with van der Waals surface area (Å²) in [5, 5.41) is 7.49. The maximum Gasteiger partial charge on any atom is 0.219 e. The zero-order valence-corrected chi connectivity index (χ0v) is 14.5. The van der Waals surface area contributed by atoms with Crippen LogP contribution in [0.4, 0.5) is 0 Å². The van der Waals surface area contributed by atoms with Crippen LogP contribution in [-0.2, 0) is 22.5 Å². The van der Waals surface area contributed by atoms with E-state index < -0.39 is 0 Å². The van der Waals surface area contributed by atoms with Gasteiger partial charge in [-0.05, 0) is 18.4 Å². The van der Waals surface area contributed by atoms with Gasteiger partial charge in [-0.2, -0.15) is 5.10 Å². The fourth-order valence-corrected chi connectivity index (χ4v) is 3.05. The minimum Gasteiger partial charge on any atom is -0.373 e. The van der Waals surface area contributed by atoms with Crippen LogP contribution in [0.3, 0.4) is 0 Å². The van der Waals surface area contributed by atoms with E-state index in [1.807, 2.05) is 15.7 Å². The summed E-state index contributed by atoms with van der Waals surface area (Å²) in [6.07, 6.45) is 4.65. The van der Waals surface area contributed by atoms with Crippen molar-refractivity contribution in [1.29, 1.82) is 0 Å². The summed E-state index contributed by atoms with van der Waals surface area (Å²) in [6, 6.07) is 2.06. The molecule has 3 heterocycles. The number of aromatic amines is 1. The van der Waals surface area contributed by atoms with Crippen molar-refractivity contribution < 1.29 is 9.53 Å². The van der Waals surface area contributed by atoms with E-state index in [9.17, 15) is 4.79 Å². The molecule has 1 unspecified atom stereocenters. The number of carbonyl (C=O) groups is 1. The Morgan fingerprint density at radius 3 is 3.08 bits per heavy atom. The van der Waals surface area contributed by atoms with Gasteiger partial charge < -0.3 is 14.2 Å². The molecule has 1 aliphatic heterocycles. The standard InChI is InChI=1S/C17H25N5O2/c1-12(2)8-14-9-16(20-19-14)17-18-4-5-22(17)11-15-10-21(13(3)23)6-7-24-15/h4-5,9,12,15H,6-8,10-11H2,1-3H3,(H,19,20). The number of nitrogens with zero attached hydrogens (tertiary/aromatic N) is 4. The quantitative estimate of drug-likeness (QED) is 0.905. The third-order valence-electron chi connectivity index (χ3n) is 4.19. The van der Waals surface area contributed by atoms with E-state index in [0.29, 0.717) is 32.2 Å². The molecule has 0 saturated carbocycles. The lowest BCUT2D eigenvalue weighted by atomic mass is 10.1. The number of H-pyrrole nitrogens is 1. The lowest BCUT2D eigenvalue weighted by Gasteiger charge is -2.32. The Morgan fingerprint density at radius 1 is 1.50 bits per heavy atom. The predicted molar refractivity (Wildman–Crippen MR) is 90.3 cm³/mol. The van der Waals surface area contributed by atoms with Crippen molar-refractivity contribution in [1.82, 2.24) is 24.6 Å². The van der Waals surface area contributed by atoms with Crippen molar-refractivity contribution in [3.05, 3.63) is 24.2 Å². The van der Waals surface area contributed by atoms with Crippen LogP contribution >= 0.6 is 0 Å².